The van der Waals surface area contributed by atoms with Gasteiger partial charge < -0.3 is 0 Å². The lowest BCUT2D eigenvalue weighted by atomic mass is 9.74. The average molecular weight is 206 g/mol. The maximum Gasteiger partial charge on any atom is 0.139 e. The highest BCUT2D eigenvalue weighted by molar-refractivity contribution is 5.88. The van der Waals surface area contributed by atoms with E-state index < -0.39 is 0 Å². The van der Waals surface area contributed by atoms with Crippen LogP contribution in [0.1, 0.15) is 46.0 Å². The van der Waals surface area contributed by atoms with Crippen LogP contribution in [0, 0.1) is 23.2 Å². The molecule has 2 rings (SSSR count). The standard InChI is InChI=1S/C14H22O/c1-4-12-5-6-13(15)14(12)8-7-11(9-14)10(2)3/h4,10-12H,1,5-9H2,2-3H3/t11?,12-,14+/m1/s1. The molecule has 0 saturated heterocycles. The van der Waals surface area contributed by atoms with E-state index in [2.05, 4.69) is 20.4 Å². The molecular weight excluding hydrogens is 184 g/mol. The van der Waals surface area contributed by atoms with Gasteiger partial charge in [-0.15, -0.1) is 6.58 Å². The fourth-order valence-electron chi connectivity index (χ4n) is 3.64. The van der Waals surface area contributed by atoms with E-state index in [9.17, 15) is 4.79 Å². The van der Waals surface area contributed by atoms with E-state index in [-0.39, 0.29) is 5.41 Å². The first kappa shape index (κ1) is 10.9. The van der Waals surface area contributed by atoms with Gasteiger partial charge in [-0.25, -0.2) is 0 Å². The number of hydrogen-bond acceptors (Lipinski definition) is 1. The lowest BCUT2D eigenvalue weighted by Crippen LogP contribution is -2.29. The minimum Gasteiger partial charge on any atom is -0.299 e. The molecule has 2 aliphatic rings. The third-order valence-electron chi connectivity index (χ3n) is 4.76. The highest BCUT2D eigenvalue weighted by Gasteiger charge is 2.52. The maximum absolute atomic E-state index is 12.1. The van der Waals surface area contributed by atoms with E-state index in [1.165, 1.54) is 6.42 Å². The molecule has 1 heteroatoms. The Labute approximate surface area is 92.9 Å². The monoisotopic (exact) mass is 206 g/mol. The SMILES string of the molecule is C=C[C@@H]1CCC(=O)[C@]12CCC(C(C)C)C2. The molecule has 1 unspecified atom stereocenters. The zero-order valence-electron chi connectivity index (χ0n) is 9.96. The van der Waals surface area contributed by atoms with Crippen molar-refractivity contribution in [2.75, 3.05) is 0 Å². The van der Waals surface area contributed by atoms with Crippen LogP contribution < -0.4 is 0 Å². The van der Waals surface area contributed by atoms with Gasteiger partial charge in [-0.2, -0.15) is 0 Å². The van der Waals surface area contributed by atoms with Crippen molar-refractivity contribution in [3.63, 3.8) is 0 Å². The molecule has 15 heavy (non-hydrogen) atoms. The minimum absolute atomic E-state index is 0.0106. The summed E-state index contributed by atoms with van der Waals surface area (Å²) in [5, 5.41) is 0. The molecule has 0 aliphatic heterocycles. The van der Waals surface area contributed by atoms with Crippen LogP contribution in [0.2, 0.25) is 0 Å². The van der Waals surface area contributed by atoms with Crippen LogP contribution in [0.15, 0.2) is 12.7 Å². The molecule has 0 amide bonds. The fourth-order valence-corrected chi connectivity index (χ4v) is 3.64. The largest absolute Gasteiger partial charge is 0.299 e. The Kier molecular flexibility index (Phi) is 2.74. The van der Waals surface area contributed by atoms with Crippen LogP contribution in [-0.4, -0.2) is 5.78 Å². The van der Waals surface area contributed by atoms with Crippen LogP contribution >= 0.6 is 0 Å². The Hall–Kier alpha value is -0.590. The van der Waals surface area contributed by atoms with Gasteiger partial charge in [0, 0.05) is 11.8 Å². The van der Waals surface area contributed by atoms with Gasteiger partial charge in [-0.05, 0) is 43.4 Å². The third-order valence-corrected chi connectivity index (χ3v) is 4.76. The quantitative estimate of drug-likeness (QED) is 0.631. The molecule has 0 aromatic rings. The van der Waals surface area contributed by atoms with Gasteiger partial charge in [0.25, 0.3) is 0 Å². The Morgan fingerprint density at radius 2 is 2.20 bits per heavy atom. The number of hydrogen-bond donors (Lipinski definition) is 0. The number of carbonyl (C=O) groups is 1. The summed E-state index contributed by atoms with van der Waals surface area (Å²) in [7, 11) is 0. The van der Waals surface area contributed by atoms with E-state index in [1.54, 1.807) is 0 Å². The number of Topliss-reactive ketones (excluding diaryl/α,β-unsaturated/α-hetero) is 1. The predicted molar refractivity (Wildman–Crippen MR) is 62.5 cm³/mol. The normalized spacial score (nSPS) is 40.6. The van der Waals surface area contributed by atoms with Crippen LogP contribution in [-0.2, 0) is 4.79 Å². The van der Waals surface area contributed by atoms with E-state index in [4.69, 9.17) is 0 Å². The molecule has 84 valence electrons. The molecule has 1 nitrogen and oxygen atoms in total. The predicted octanol–water partition coefficient (Wildman–Crippen LogP) is 3.59. The van der Waals surface area contributed by atoms with Gasteiger partial charge in [-0.3, -0.25) is 4.79 Å². The summed E-state index contributed by atoms with van der Waals surface area (Å²) in [4.78, 5) is 12.1. The number of ketones is 1. The first-order valence-corrected chi connectivity index (χ1v) is 6.26. The Bertz CT molecular complexity index is 279. The van der Waals surface area contributed by atoms with Crippen molar-refractivity contribution >= 4 is 5.78 Å². The summed E-state index contributed by atoms with van der Waals surface area (Å²) in [5.41, 5.74) is 0.0106. The molecule has 0 N–H and O–H groups in total. The number of carbonyl (C=O) groups excluding carboxylic acids is 1. The van der Waals surface area contributed by atoms with Crippen molar-refractivity contribution in [1.29, 1.82) is 0 Å². The Morgan fingerprint density at radius 3 is 2.73 bits per heavy atom. The Morgan fingerprint density at radius 1 is 1.47 bits per heavy atom. The number of allylic oxidation sites excluding steroid dienone is 1. The molecule has 0 aromatic heterocycles. The van der Waals surface area contributed by atoms with Crippen molar-refractivity contribution in [3.8, 4) is 0 Å². The van der Waals surface area contributed by atoms with Crippen LogP contribution in [0.4, 0.5) is 0 Å². The second kappa shape index (κ2) is 3.77. The van der Waals surface area contributed by atoms with Gasteiger partial charge >= 0.3 is 0 Å². The minimum atomic E-state index is 0.0106. The molecule has 0 heterocycles. The summed E-state index contributed by atoms with van der Waals surface area (Å²) >= 11 is 0. The average Bonchev–Trinajstić information content (AvgIpc) is 2.75. The first-order valence-electron chi connectivity index (χ1n) is 6.26. The molecule has 0 bridgehead atoms. The summed E-state index contributed by atoms with van der Waals surface area (Å²) in [6.07, 6.45) is 7.36. The summed E-state index contributed by atoms with van der Waals surface area (Å²) in [5.74, 6) is 2.47. The number of rotatable bonds is 2. The molecular formula is C14H22O. The lowest BCUT2D eigenvalue weighted by molar-refractivity contribution is -0.126. The molecule has 0 aromatic carbocycles. The molecule has 3 atom stereocenters. The molecule has 2 fully saturated rings. The summed E-state index contributed by atoms with van der Waals surface area (Å²) in [6.45, 7) is 8.48. The van der Waals surface area contributed by atoms with Gasteiger partial charge in [0.2, 0.25) is 0 Å². The van der Waals surface area contributed by atoms with Gasteiger partial charge in [0.15, 0.2) is 0 Å². The van der Waals surface area contributed by atoms with Crippen molar-refractivity contribution in [2.45, 2.75) is 46.0 Å². The second-order valence-corrected chi connectivity index (χ2v) is 5.71. The van der Waals surface area contributed by atoms with E-state index in [0.29, 0.717) is 11.7 Å². The van der Waals surface area contributed by atoms with E-state index in [0.717, 1.165) is 37.5 Å². The van der Waals surface area contributed by atoms with E-state index >= 15 is 0 Å². The third kappa shape index (κ3) is 1.56. The lowest BCUT2D eigenvalue weighted by Gasteiger charge is -2.28. The summed E-state index contributed by atoms with van der Waals surface area (Å²) < 4.78 is 0. The highest BCUT2D eigenvalue weighted by Crippen LogP contribution is 2.55. The highest BCUT2D eigenvalue weighted by atomic mass is 16.1. The zero-order chi connectivity index (χ0) is 11.1. The van der Waals surface area contributed by atoms with Gasteiger partial charge in [0.1, 0.15) is 5.78 Å². The van der Waals surface area contributed by atoms with Gasteiger partial charge in [-0.1, -0.05) is 19.9 Å². The molecule has 1 spiro atoms. The van der Waals surface area contributed by atoms with Crippen molar-refractivity contribution < 1.29 is 4.79 Å². The van der Waals surface area contributed by atoms with Crippen molar-refractivity contribution in [3.05, 3.63) is 12.7 Å². The maximum atomic E-state index is 12.1. The molecule has 2 saturated carbocycles. The zero-order valence-corrected chi connectivity index (χ0v) is 9.96. The second-order valence-electron chi connectivity index (χ2n) is 5.71. The molecule has 2 aliphatic carbocycles. The van der Waals surface area contributed by atoms with E-state index in [1.807, 2.05) is 6.08 Å². The Balaban J connectivity index is 2.19. The van der Waals surface area contributed by atoms with Crippen LogP contribution in [0.5, 0.6) is 0 Å². The fraction of sp³-hybridized carbons (Fsp3) is 0.786. The van der Waals surface area contributed by atoms with Crippen LogP contribution in [0.3, 0.4) is 0 Å². The molecule has 0 radical (unpaired) electrons. The first-order chi connectivity index (χ1) is 7.10. The summed E-state index contributed by atoms with van der Waals surface area (Å²) in [6, 6.07) is 0. The van der Waals surface area contributed by atoms with Crippen molar-refractivity contribution in [2.24, 2.45) is 23.2 Å². The van der Waals surface area contributed by atoms with Crippen LogP contribution in [0.25, 0.3) is 0 Å². The topological polar surface area (TPSA) is 17.1 Å². The van der Waals surface area contributed by atoms with Gasteiger partial charge in [0.05, 0.1) is 0 Å². The van der Waals surface area contributed by atoms with Crippen molar-refractivity contribution in [1.82, 2.24) is 0 Å². The smallest absolute Gasteiger partial charge is 0.139 e.